The molecule has 0 N–H and O–H groups in total. The van der Waals surface area contributed by atoms with Crippen molar-refractivity contribution >= 4 is 15.9 Å². The molecule has 0 radical (unpaired) electrons. The Morgan fingerprint density at radius 3 is 2.46 bits per heavy atom. The lowest BCUT2D eigenvalue weighted by Gasteiger charge is -2.33. The number of oxazole rings is 1. The molecule has 9 heteroatoms. The van der Waals surface area contributed by atoms with Gasteiger partial charge in [-0.3, -0.25) is 4.79 Å². The van der Waals surface area contributed by atoms with Gasteiger partial charge in [-0.05, 0) is 24.3 Å². The molecule has 140 valence electrons. The summed E-state index contributed by atoms with van der Waals surface area (Å²) in [4.78, 5) is 18.1. The fourth-order valence-corrected chi connectivity index (χ4v) is 3.64. The Hall–Kier alpha value is -2.26. The molecule has 1 saturated heterocycles. The standard InChI is InChI=1S/C17H20FN3O4S/c1-26(23,24)21-10-8-20(9-11-21)17(22)7-6-16-19-12-15(25-16)13-2-4-14(18)5-3-13/h2-5,12H,6-11H2,1H3. The van der Waals surface area contributed by atoms with E-state index >= 15 is 0 Å². The minimum absolute atomic E-state index is 0.0558. The summed E-state index contributed by atoms with van der Waals surface area (Å²) in [6.45, 7) is 1.41. The third kappa shape index (κ3) is 4.47. The normalized spacial score (nSPS) is 16.0. The molecule has 1 aliphatic rings. The average molecular weight is 381 g/mol. The summed E-state index contributed by atoms with van der Waals surface area (Å²) in [6.07, 6.45) is 3.32. The van der Waals surface area contributed by atoms with Crippen LogP contribution in [-0.2, 0) is 21.2 Å². The Morgan fingerprint density at radius 2 is 1.85 bits per heavy atom. The van der Waals surface area contributed by atoms with E-state index in [0.717, 1.165) is 0 Å². The van der Waals surface area contributed by atoms with Crippen molar-refractivity contribution in [3.8, 4) is 11.3 Å². The number of piperazine rings is 1. The minimum atomic E-state index is -3.21. The van der Waals surface area contributed by atoms with Gasteiger partial charge in [0, 0.05) is 44.6 Å². The summed E-state index contributed by atoms with van der Waals surface area (Å²) in [5.41, 5.74) is 0.716. The Morgan fingerprint density at radius 1 is 1.19 bits per heavy atom. The van der Waals surface area contributed by atoms with Gasteiger partial charge in [0.2, 0.25) is 15.9 Å². The zero-order valence-electron chi connectivity index (χ0n) is 14.4. The Labute approximate surface area is 151 Å². The predicted molar refractivity (Wildman–Crippen MR) is 93.2 cm³/mol. The van der Waals surface area contributed by atoms with Crippen molar-refractivity contribution < 1.29 is 22.0 Å². The largest absolute Gasteiger partial charge is 0.441 e. The lowest BCUT2D eigenvalue weighted by Crippen LogP contribution is -2.50. The molecule has 0 bridgehead atoms. The smallest absolute Gasteiger partial charge is 0.223 e. The average Bonchev–Trinajstić information content (AvgIpc) is 3.08. The number of carbonyl (C=O) groups is 1. The molecule has 1 aromatic heterocycles. The number of carbonyl (C=O) groups excluding carboxylic acids is 1. The van der Waals surface area contributed by atoms with Crippen LogP contribution in [0.2, 0.25) is 0 Å². The van der Waals surface area contributed by atoms with E-state index in [1.165, 1.54) is 22.7 Å². The Bertz CT molecular complexity index is 872. The van der Waals surface area contributed by atoms with Crippen molar-refractivity contribution in [3.63, 3.8) is 0 Å². The van der Waals surface area contributed by atoms with E-state index in [9.17, 15) is 17.6 Å². The highest BCUT2D eigenvalue weighted by Crippen LogP contribution is 2.21. The highest BCUT2D eigenvalue weighted by Gasteiger charge is 2.25. The van der Waals surface area contributed by atoms with Crippen LogP contribution in [0, 0.1) is 5.82 Å². The molecule has 0 aliphatic carbocycles. The number of rotatable bonds is 5. The molecule has 2 heterocycles. The van der Waals surface area contributed by atoms with E-state index in [4.69, 9.17) is 4.42 Å². The second-order valence-electron chi connectivity index (χ2n) is 6.17. The van der Waals surface area contributed by atoms with Crippen LogP contribution in [0.15, 0.2) is 34.9 Å². The molecule has 1 fully saturated rings. The van der Waals surface area contributed by atoms with Crippen molar-refractivity contribution in [2.45, 2.75) is 12.8 Å². The monoisotopic (exact) mass is 381 g/mol. The van der Waals surface area contributed by atoms with E-state index in [1.807, 2.05) is 0 Å². The summed E-state index contributed by atoms with van der Waals surface area (Å²) < 4.78 is 42.9. The SMILES string of the molecule is CS(=O)(=O)N1CCN(C(=O)CCc2ncc(-c3ccc(F)cc3)o2)CC1. The Balaban J connectivity index is 1.52. The third-order valence-electron chi connectivity index (χ3n) is 4.30. The van der Waals surface area contributed by atoms with Gasteiger partial charge in [0.05, 0.1) is 12.5 Å². The van der Waals surface area contributed by atoms with Crippen LogP contribution >= 0.6 is 0 Å². The highest BCUT2D eigenvalue weighted by atomic mass is 32.2. The topological polar surface area (TPSA) is 83.7 Å². The predicted octanol–water partition coefficient (Wildman–Crippen LogP) is 1.52. The molecular weight excluding hydrogens is 361 g/mol. The third-order valence-corrected chi connectivity index (χ3v) is 5.60. The van der Waals surface area contributed by atoms with Crippen molar-refractivity contribution in [2.75, 3.05) is 32.4 Å². The Kier molecular flexibility index (Phi) is 5.38. The molecule has 1 amide bonds. The van der Waals surface area contributed by atoms with Crippen LogP contribution in [0.1, 0.15) is 12.3 Å². The van der Waals surface area contributed by atoms with E-state index in [2.05, 4.69) is 4.98 Å². The van der Waals surface area contributed by atoms with E-state index in [1.54, 1.807) is 23.2 Å². The molecule has 2 aromatic rings. The molecule has 7 nitrogen and oxygen atoms in total. The lowest BCUT2D eigenvalue weighted by atomic mass is 10.2. The number of hydrogen-bond donors (Lipinski definition) is 0. The van der Waals surface area contributed by atoms with E-state index < -0.39 is 10.0 Å². The number of benzene rings is 1. The van der Waals surface area contributed by atoms with Crippen LogP contribution in [-0.4, -0.2) is 60.9 Å². The van der Waals surface area contributed by atoms with Gasteiger partial charge in [-0.15, -0.1) is 0 Å². The van der Waals surface area contributed by atoms with Crippen molar-refractivity contribution in [3.05, 3.63) is 42.2 Å². The first-order valence-corrected chi connectivity index (χ1v) is 10.1. The lowest BCUT2D eigenvalue weighted by molar-refractivity contribution is -0.132. The van der Waals surface area contributed by atoms with Crippen LogP contribution in [0.25, 0.3) is 11.3 Å². The van der Waals surface area contributed by atoms with Gasteiger partial charge in [0.15, 0.2) is 11.7 Å². The summed E-state index contributed by atoms with van der Waals surface area (Å²) in [6, 6.07) is 5.90. The molecule has 0 saturated carbocycles. The fourth-order valence-electron chi connectivity index (χ4n) is 2.81. The second kappa shape index (κ2) is 7.55. The number of halogens is 1. The second-order valence-corrected chi connectivity index (χ2v) is 8.15. The van der Waals surface area contributed by atoms with Gasteiger partial charge in [0.25, 0.3) is 0 Å². The molecule has 1 aliphatic heterocycles. The first-order chi connectivity index (χ1) is 12.3. The van der Waals surface area contributed by atoms with Gasteiger partial charge in [-0.25, -0.2) is 17.8 Å². The van der Waals surface area contributed by atoms with Gasteiger partial charge < -0.3 is 9.32 Å². The van der Waals surface area contributed by atoms with E-state index in [0.29, 0.717) is 49.8 Å². The van der Waals surface area contributed by atoms with E-state index in [-0.39, 0.29) is 18.1 Å². The molecule has 3 rings (SSSR count). The number of amides is 1. The first kappa shape index (κ1) is 18.5. The van der Waals surface area contributed by atoms with Crippen LogP contribution < -0.4 is 0 Å². The van der Waals surface area contributed by atoms with Crippen molar-refractivity contribution in [1.29, 1.82) is 0 Å². The maximum atomic E-state index is 13.0. The number of hydrogen-bond acceptors (Lipinski definition) is 5. The van der Waals surface area contributed by atoms with Crippen LogP contribution in [0.5, 0.6) is 0 Å². The van der Waals surface area contributed by atoms with Gasteiger partial charge in [-0.1, -0.05) is 0 Å². The number of sulfonamides is 1. The highest BCUT2D eigenvalue weighted by molar-refractivity contribution is 7.88. The van der Waals surface area contributed by atoms with Crippen LogP contribution in [0.4, 0.5) is 4.39 Å². The van der Waals surface area contributed by atoms with Crippen LogP contribution in [0.3, 0.4) is 0 Å². The van der Waals surface area contributed by atoms with Crippen molar-refractivity contribution in [1.82, 2.24) is 14.2 Å². The van der Waals surface area contributed by atoms with Gasteiger partial charge in [-0.2, -0.15) is 4.31 Å². The molecule has 0 spiro atoms. The summed E-state index contributed by atoms with van der Waals surface area (Å²) in [5, 5.41) is 0. The fraction of sp³-hybridized carbons (Fsp3) is 0.412. The molecule has 1 aromatic carbocycles. The number of aromatic nitrogens is 1. The molecule has 26 heavy (non-hydrogen) atoms. The molecular formula is C17H20FN3O4S. The van der Waals surface area contributed by atoms with Gasteiger partial charge >= 0.3 is 0 Å². The molecule has 0 atom stereocenters. The van der Waals surface area contributed by atoms with Gasteiger partial charge in [0.1, 0.15) is 5.82 Å². The number of nitrogens with zero attached hydrogens (tertiary/aromatic N) is 3. The minimum Gasteiger partial charge on any atom is -0.441 e. The zero-order chi connectivity index (χ0) is 18.7. The summed E-state index contributed by atoms with van der Waals surface area (Å²) >= 11 is 0. The van der Waals surface area contributed by atoms with Crippen molar-refractivity contribution in [2.24, 2.45) is 0 Å². The zero-order valence-corrected chi connectivity index (χ0v) is 15.2. The quantitative estimate of drug-likeness (QED) is 0.784. The summed E-state index contributed by atoms with van der Waals surface area (Å²) in [5.74, 6) is 0.580. The first-order valence-electron chi connectivity index (χ1n) is 8.26. The molecule has 0 unspecified atom stereocenters. The maximum absolute atomic E-state index is 13.0. The number of aryl methyl sites for hydroxylation is 1. The summed E-state index contributed by atoms with van der Waals surface area (Å²) in [7, 11) is -3.21. The maximum Gasteiger partial charge on any atom is 0.223 e.